The highest BCUT2D eigenvalue weighted by Gasteiger charge is 2.36. The van der Waals surface area contributed by atoms with E-state index in [4.69, 9.17) is 0 Å². The fourth-order valence-electron chi connectivity index (χ4n) is 3.70. The van der Waals surface area contributed by atoms with Gasteiger partial charge in [-0.15, -0.1) is 0 Å². The second-order valence-corrected chi connectivity index (χ2v) is 7.32. The monoisotopic (exact) mass is 340 g/mol. The summed E-state index contributed by atoms with van der Waals surface area (Å²) in [5.41, 5.74) is 0. The van der Waals surface area contributed by atoms with Crippen molar-refractivity contribution in [2.75, 3.05) is 26.2 Å². The van der Waals surface area contributed by atoms with E-state index in [0.717, 1.165) is 39.0 Å². The van der Waals surface area contributed by atoms with Crippen LogP contribution in [0.4, 0.5) is 0 Å². The van der Waals surface area contributed by atoms with Crippen LogP contribution in [0.1, 0.15) is 90.9 Å². The SMILES string of the molecule is CCCCCCCCN1CCN(CCCCCCCC)C1C(=O)O. The molecule has 4 nitrogen and oxygen atoms in total. The van der Waals surface area contributed by atoms with Gasteiger partial charge in [-0.1, -0.05) is 78.1 Å². The van der Waals surface area contributed by atoms with E-state index < -0.39 is 5.97 Å². The van der Waals surface area contributed by atoms with Crippen molar-refractivity contribution in [2.45, 2.75) is 97.1 Å². The molecule has 0 aromatic carbocycles. The number of hydrogen-bond donors (Lipinski definition) is 1. The van der Waals surface area contributed by atoms with Gasteiger partial charge in [0.1, 0.15) is 0 Å². The van der Waals surface area contributed by atoms with E-state index in [1.807, 2.05) is 0 Å². The second kappa shape index (κ2) is 13.7. The Bertz CT molecular complexity index is 299. The minimum atomic E-state index is -0.663. The molecule has 1 saturated heterocycles. The Morgan fingerprint density at radius 1 is 0.750 bits per heavy atom. The van der Waals surface area contributed by atoms with Crippen molar-refractivity contribution in [2.24, 2.45) is 0 Å². The number of rotatable bonds is 15. The van der Waals surface area contributed by atoms with Crippen LogP contribution in [0.15, 0.2) is 0 Å². The predicted molar refractivity (Wildman–Crippen MR) is 101 cm³/mol. The van der Waals surface area contributed by atoms with Crippen molar-refractivity contribution < 1.29 is 9.90 Å². The van der Waals surface area contributed by atoms with Gasteiger partial charge in [-0.05, 0) is 12.8 Å². The summed E-state index contributed by atoms with van der Waals surface area (Å²) in [5, 5.41) is 9.62. The van der Waals surface area contributed by atoms with E-state index in [2.05, 4.69) is 23.6 Å². The first kappa shape index (κ1) is 21.4. The van der Waals surface area contributed by atoms with E-state index >= 15 is 0 Å². The van der Waals surface area contributed by atoms with Gasteiger partial charge in [0.15, 0.2) is 6.17 Å². The third-order valence-electron chi connectivity index (χ3n) is 5.18. The number of nitrogens with zero attached hydrogens (tertiary/aromatic N) is 2. The molecule has 0 bridgehead atoms. The van der Waals surface area contributed by atoms with Gasteiger partial charge in [0.2, 0.25) is 0 Å². The van der Waals surface area contributed by atoms with Crippen molar-refractivity contribution in [1.82, 2.24) is 9.80 Å². The molecule has 1 heterocycles. The topological polar surface area (TPSA) is 43.8 Å². The lowest BCUT2D eigenvalue weighted by atomic mass is 10.1. The molecule has 0 aromatic rings. The van der Waals surface area contributed by atoms with Crippen molar-refractivity contribution >= 4 is 5.97 Å². The molecule has 0 radical (unpaired) electrons. The molecule has 0 spiro atoms. The number of carboxylic acids is 1. The summed E-state index contributed by atoms with van der Waals surface area (Å²) in [6.45, 7) is 8.19. The molecule has 1 aliphatic rings. The summed E-state index contributed by atoms with van der Waals surface area (Å²) in [5.74, 6) is -0.663. The Morgan fingerprint density at radius 2 is 1.12 bits per heavy atom. The molecule has 0 aliphatic carbocycles. The number of unbranched alkanes of at least 4 members (excludes halogenated alkanes) is 10. The van der Waals surface area contributed by atoms with Crippen LogP contribution in [0.25, 0.3) is 0 Å². The lowest BCUT2D eigenvalue weighted by molar-refractivity contribution is -0.147. The molecule has 1 aliphatic heterocycles. The van der Waals surface area contributed by atoms with Gasteiger partial charge < -0.3 is 5.11 Å². The Labute approximate surface area is 149 Å². The van der Waals surface area contributed by atoms with Gasteiger partial charge >= 0.3 is 5.97 Å². The molecule has 0 amide bonds. The van der Waals surface area contributed by atoms with E-state index in [1.165, 1.54) is 64.2 Å². The molecule has 1 N–H and O–H groups in total. The zero-order valence-corrected chi connectivity index (χ0v) is 16.1. The molecule has 0 unspecified atom stereocenters. The van der Waals surface area contributed by atoms with Crippen molar-refractivity contribution in [3.8, 4) is 0 Å². The Morgan fingerprint density at radius 3 is 1.50 bits per heavy atom. The molecular formula is C20H40N2O2. The van der Waals surface area contributed by atoms with Crippen LogP contribution in [0.2, 0.25) is 0 Å². The minimum Gasteiger partial charge on any atom is -0.479 e. The van der Waals surface area contributed by atoms with Crippen LogP contribution >= 0.6 is 0 Å². The summed E-state index contributed by atoms with van der Waals surface area (Å²) in [4.78, 5) is 16.0. The normalized spacial score (nSPS) is 16.9. The zero-order valence-electron chi connectivity index (χ0n) is 16.1. The standard InChI is InChI=1S/C20H40N2O2/c1-3-5-7-9-11-13-15-21-17-18-22(19(21)20(23)24)16-14-12-10-8-6-4-2/h19H,3-18H2,1-2H3,(H,23,24). The second-order valence-electron chi connectivity index (χ2n) is 7.32. The third kappa shape index (κ3) is 8.48. The summed E-state index contributed by atoms with van der Waals surface area (Å²) >= 11 is 0. The minimum absolute atomic E-state index is 0.378. The molecule has 1 rings (SSSR count). The van der Waals surface area contributed by atoms with Crippen LogP contribution in [-0.4, -0.2) is 53.2 Å². The van der Waals surface area contributed by atoms with E-state index in [1.54, 1.807) is 0 Å². The van der Waals surface area contributed by atoms with E-state index in [0.29, 0.717) is 0 Å². The summed E-state index contributed by atoms with van der Waals surface area (Å²) in [7, 11) is 0. The first-order chi connectivity index (χ1) is 11.7. The third-order valence-corrected chi connectivity index (χ3v) is 5.18. The number of aliphatic carboxylic acids is 1. The highest BCUT2D eigenvalue weighted by atomic mass is 16.4. The molecule has 0 aromatic heterocycles. The van der Waals surface area contributed by atoms with E-state index in [9.17, 15) is 9.90 Å². The fourth-order valence-corrected chi connectivity index (χ4v) is 3.70. The fraction of sp³-hybridized carbons (Fsp3) is 0.950. The maximum absolute atomic E-state index is 11.7. The van der Waals surface area contributed by atoms with E-state index in [-0.39, 0.29) is 6.17 Å². The van der Waals surface area contributed by atoms with Crippen molar-refractivity contribution in [3.63, 3.8) is 0 Å². The first-order valence-corrected chi connectivity index (χ1v) is 10.4. The summed E-state index contributed by atoms with van der Waals surface area (Å²) in [6, 6.07) is 0. The maximum Gasteiger partial charge on any atom is 0.336 e. The zero-order chi connectivity index (χ0) is 17.6. The van der Waals surface area contributed by atoms with Crippen LogP contribution < -0.4 is 0 Å². The van der Waals surface area contributed by atoms with Gasteiger partial charge in [0, 0.05) is 26.2 Å². The highest BCUT2D eigenvalue weighted by Crippen LogP contribution is 2.18. The number of carboxylic acid groups (broad SMARTS) is 1. The first-order valence-electron chi connectivity index (χ1n) is 10.4. The van der Waals surface area contributed by atoms with Crippen molar-refractivity contribution in [1.29, 1.82) is 0 Å². The summed E-state index contributed by atoms with van der Waals surface area (Å²) < 4.78 is 0. The lowest BCUT2D eigenvalue weighted by Gasteiger charge is -2.26. The lowest BCUT2D eigenvalue weighted by Crippen LogP contribution is -2.45. The maximum atomic E-state index is 11.7. The molecule has 142 valence electrons. The van der Waals surface area contributed by atoms with Crippen molar-refractivity contribution in [3.05, 3.63) is 0 Å². The number of carbonyl (C=O) groups is 1. The molecule has 0 atom stereocenters. The van der Waals surface area contributed by atoms with Gasteiger partial charge in [0.05, 0.1) is 0 Å². The van der Waals surface area contributed by atoms with Gasteiger partial charge in [0.25, 0.3) is 0 Å². The highest BCUT2D eigenvalue weighted by molar-refractivity contribution is 5.73. The van der Waals surface area contributed by atoms with Gasteiger partial charge in [-0.2, -0.15) is 0 Å². The van der Waals surface area contributed by atoms with Crippen LogP contribution in [0.3, 0.4) is 0 Å². The quantitative estimate of drug-likeness (QED) is 0.437. The Balaban J connectivity index is 2.22. The summed E-state index contributed by atoms with van der Waals surface area (Å²) in [6.07, 6.45) is 14.8. The van der Waals surface area contributed by atoms with Crippen LogP contribution in [0.5, 0.6) is 0 Å². The molecular weight excluding hydrogens is 300 g/mol. The number of hydrogen-bond acceptors (Lipinski definition) is 3. The Kier molecular flexibility index (Phi) is 12.2. The molecule has 1 fully saturated rings. The smallest absolute Gasteiger partial charge is 0.336 e. The average Bonchev–Trinajstić information content (AvgIpc) is 2.97. The average molecular weight is 341 g/mol. The molecule has 4 heteroatoms. The Hall–Kier alpha value is -0.610. The van der Waals surface area contributed by atoms with Gasteiger partial charge in [-0.25, -0.2) is 4.79 Å². The van der Waals surface area contributed by atoms with Gasteiger partial charge in [-0.3, -0.25) is 9.80 Å². The van der Waals surface area contributed by atoms with Crippen LogP contribution in [-0.2, 0) is 4.79 Å². The largest absolute Gasteiger partial charge is 0.479 e. The van der Waals surface area contributed by atoms with Crippen LogP contribution in [0, 0.1) is 0 Å². The predicted octanol–water partition coefficient (Wildman–Crippen LogP) is 4.74. The molecule has 24 heavy (non-hydrogen) atoms. The molecule has 0 saturated carbocycles.